The van der Waals surface area contributed by atoms with Gasteiger partial charge in [-0.15, -0.1) is 0 Å². The average molecular weight is 232 g/mol. The largest absolute Gasteiger partial charge is 0.394 e. The third kappa shape index (κ3) is 10.0. The summed E-state index contributed by atoms with van der Waals surface area (Å²) in [6, 6.07) is 0. The minimum Gasteiger partial charge on any atom is -0.394 e. The van der Waals surface area contributed by atoms with Gasteiger partial charge in [-0.3, -0.25) is 4.57 Å². The number of nitrogens with two attached hydrogens (primary N) is 2. The topological polar surface area (TPSA) is 170 Å². The van der Waals surface area contributed by atoms with Gasteiger partial charge in [-0.1, -0.05) is 0 Å². The summed E-state index contributed by atoms with van der Waals surface area (Å²) in [5.74, 6) is 0. The molecule has 9 N–H and O–H groups in total. The number of aliphatic hydroxyl groups excluding tert-OH is 3. The van der Waals surface area contributed by atoms with Crippen LogP contribution < -0.4 is 11.5 Å². The molecule has 0 unspecified atom stereocenters. The number of hydrogen-bond acceptors (Lipinski definition) is 6. The zero-order chi connectivity index (χ0) is 11.8. The molecule has 0 aromatic heterocycles. The Kier molecular flexibility index (Phi) is 8.51. The Labute approximate surface area is 81.3 Å². The van der Waals surface area contributed by atoms with Crippen molar-refractivity contribution in [2.45, 2.75) is 5.54 Å². The van der Waals surface area contributed by atoms with Crippen LogP contribution in [0.2, 0.25) is 0 Å². The molecule has 0 aromatic carbocycles. The van der Waals surface area contributed by atoms with E-state index in [1.165, 1.54) is 0 Å². The first kappa shape index (κ1) is 16.4. The van der Waals surface area contributed by atoms with Crippen molar-refractivity contribution < 1.29 is 29.7 Å². The standard InChI is InChI=1S/C4H11NO3.CH6NO3P/c5-4(1-6,2-7)3-8;2-1-6(3,4)5/h6-8H,1-3,5H2;1-2H2,(H2,3,4,5). The van der Waals surface area contributed by atoms with Crippen LogP contribution in [0.25, 0.3) is 0 Å². The first-order valence-electron chi connectivity index (χ1n) is 3.61. The van der Waals surface area contributed by atoms with E-state index in [9.17, 15) is 4.57 Å². The molecule has 0 atom stereocenters. The van der Waals surface area contributed by atoms with Crippen LogP contribution in [0.4, 0.5) is 0 Å². The fraction of sp³-hybridized carbons (Fsp3) is 1.00. The fourth-order valence-corrected chi connectivity index (χ4v) is 0.150. The van der Waals surface area contributed by atoms with Crippen LogP contribution >= 0.6 is 7.60 Å². The van der Waals surface area contributed by atoms with E-state index < -0.39 is 39.2 Å². The van der Waals surface area contributed by atoms with E-state index in [1.54, 1.807) is 0 Å². The Balaban J connectivity index is 0. The molecular weight excluding hydrogens is 215 g/mol. The molecule has 0 spiro atoms. The molecule has 0 fully saturated rings. The van der Waals surface area contributed by atoms with E-state index in [4.69, 9.17) is 30.8 Å². The summed E-state index contributed by atoms with van der Waals surface area (Å²) in [6.45, 7) is -1.21. The maximum Gasteiger partial charge on any atom is 0.338 e. The number of hydrogen-bond donors (Lipinski definition) is 7. The van der Waals surface area contributed by atoms with Crippen molar-refractivity contribution in [2.75, 3.05) is 26.1 Å². The molecule has 88 valence electrons. The number of rotatable bonds is 4. The Morgan fingerprint density at radius 2 is 1.29 bits per heavy atom. The summed E-state index contributed by atoms with van der Waals surface area (Å²) in [7, 11) is -3.87. The fourth-order valence-electron chi connectivity index (χ4n) is 0.150. The molecule has 0 heterocycles. The minimum atomic E-state index is -3.87. The Bertz CT molecular complexity index is 171. The second-order valence-electron chi connectivity index (χ2n) is 2.68. The summed E-state index contributed by atoms with van der Waals surface area (Å²) >= 11 is 0. The second-order valence-corrected chi connectivity index (χ2v) is 4.38. The summed E-state index contributed by atoms with van der Waals surface area (Å²) in [5, 5.41) is 25.0. The van der Waals surface area contributed by atoms with Gasteiger partial charge in [0.25, 0.3) is 0 Å². The van der Waals surface area contributed by atoms with E-state index in [0.717, 1.165) is 0 Å². The van der Waals surface area contributed by atoms with Gasteiger partial charge in [0.05, 0.1) is 31.6 Å². The highest BCUT2D eigenvalue weighted by Crippen LogP contribution is 2.30. The van der Waals surface area contributed by atoms with Crippen molar-refractivity contribution in [2.24, 2.45) is 11.5 Å². The molecule has 0 radical (unpaired) electrons. The smallest absolute Gasteiger partial charge is 0.338 e. The van der Waals surface area contributed by atoms with Gasteiger partial charge >= 0.3 is 7.60 Å². The highest BCUT2D eigenvalue weighted by Gasteiger charge is 2.20. The lowest BCUT2D eigenvalue weighted by Crippen LogP contribution is -2.50. The number of aliphatic hydroxyl groups is 3. The monoisotopic (exact) mass is 232 g/mol. The molecule has 0 aromatic rings. The zero-order valence-corrected chi connectivity index (χ0v) is 8.47. The molecular formula is C5H17N2O6P. The van der Waals surface area contributed by atoms with E-state index >= 15 is 0 Å². The molecule has 0 bridgehead atoms. The third-order valence-electron chi connectivity index (χ3n) is 1.18. The van der Waals surface area contributed by atoms with Crippen LogP contribution in [-0.2, 0) is 4.57 Å². The predicted molar refractivity (Wildman–Crippen MR) is 49.3 cm³/mol. The summed E-state index contributed by atoms with van der Waals surface area (Å²) < 4.78 is 9.57. The molecule has 0 saturated heterocycles. The van der Waals surface area contributed by atoms with Crippen molar-refractivity contribution in [3.05, 3.63) is 0 Å². The van der Waals surface area contributed by atoms with Crippen LogP contribution in [0.15, 0.2) is 0 Å². The summed E-state index contributed by atoms with van der Waals surface area (Å²) in [5.41, 5.74) is 8.48. The Morgan fingerprint density at radius 3 is 1.29 bits per heavy atom. The molecule has 0 aliphatic rings. The van der Waals surface area contributed by atoms with Gasteiger partial charge in [0.15, 0.2) is 0 Å². The Hall–Kier alpha value is -0.0500. The highest BCUT2D eigenvalue weighted by atomic mass is 31.2. The van der Waals surface area contributed by atoms with Gasteiger partial charge in [-0.05, 0) is 0 Å². The molecule has 14 heavy (non-hydrogen) atoms. The van der Waals surface area contributed by atoms with Crippen molar-refractivity contribution in [1.82, 2.24) is 0 Å². The lowest BCUT2D eigenvalue weighted by atomic mass is 10.1. The molecule has 9 heteroatoms. The first-order valence-corrected chi connectivity index (χ1v) is 5.40. The van der Waals surface area contributed by atoms with Crippen LogP contribution in [0, 0.1) is 0 Å². The van der Waals surface area contributed by atoms with Gasteiger partial charge in [-0.25, -0.2) is 0 Å². The maximum absolute atomic E-state index is 9.57. The SMILES string of the molecule is NC(CO)(CO)CO.NCP(=O)(O)O. The quantitative estimate of drug-likeness (QED) is 0.247. The molecule has 0 aliphatic carbocycles. The van der Waals surface area contributed by atoms with Crippen LogP contribution in [0.3, 0.4) is 0 Å². The van der Waals surface area contributed by atoms with Crippen LogP contribution in [-0.4, -0.2) is 56.8 Å². The van der Waals surface area contributed by atoms with Crippen molar-refractivity contribution in [3.63, 3.8) is 0 Å². The van der Waals surface area contributed by atoms with E-state index in [-0.39, 0.29) is 0 Å². The molecule has 0 saturated carbocycles. The van der Waals surface area contributed by atoms with Crippen LogP contribution in [0.1, 0.15) is 0 Å². The minimum absolute atomic E-state index is 0.403. The second kappa shape index (κ2) is 7.27. The average Bonchev–Trinajstić information content (AvgIpc) is 2.16. The van der Waals surface area contributed by atoms with Gasteiger partial charge in [0, 0.05) is 0 Å². The molecule has 0 aliphatic heterocycles. The predicted octanol–water partition coefficient (Wildman–Crippen LogP) is -3.26. The van der Waals surface area contributed by atoms with Gasteiger partial charge in [-0.2, -0.15) is 0 Å². The molecule has 0 amide bonds. The van der Waals surface area contributed by atoms with Crippen molar-refractivity contribution in [1.29, 1.82) is 0 Å². The van der Waals surface area contributed by atoms with E-state index in [0.29, 0.717) is 0 Å². The lowest BCUT2D eigenvalue weighted by Gasteiger charge is -2.20. The van der Waals surface area contributed by atoms with E-state index in [1.807, 2.05) is 0 Å². The summed E-state index contributed by atoms with van der Waals surface area (Å²) in [4.78, 5) is 15.6. The van der Waals surface area contributed by atoms with E-state index in [2.05, 4.69) is 5.73 Å². The van der Waals surface area contributed by atoms with Crippen molar-refractivity contribution in [3.8, 4) is 0 Å². The van der Waals surface area contributed by atoms with Gasteiger partial charge in [0.2, 0.25) is 0 Å². The zero-order valence-electron chi connectivity index (χ0n) is 7.57. The highest BCUT2D eigenvalue weighted by molar-refractivity contribution is 7.51. The molecule has 0 rings (SSSR count). The maximum atomic E-state index is 9.57. The van der Waals surface area contributed by atoms with Crippen LogP contribution in [0.5, 0.6) is 0 Å². The van der Waals surface area contributed by atoms with Crippen molar-refractivity contribution >= 4 is 7.60 Å². The lowest BCUT2D eigenvalue weighted by molar-refractivity contribution is 0.0697. The third-order valence-corrected chi connectivity index (χ3v) is 1.66. The summed E-state index contributed by atoms with van der Waals surface area (Å²) in [6.07, 6.45) is -0.562. The first-order chi connectivity index (χ1) is 6.24. The van der Waals surface area contributed by atoms with Gasteiger partial charge in [0.1, 0.15) is 0 Å². The normalized spacial score (nSPS) is 11.9. The molecule has 8 nitrogen and oxygen atoms in total. The Morgan fingerprint density at radius 1 is 1.07 bits per heavy atom. The van der Waals surface area contributed by atoms with Gasteiger partial charge < -0.3 is 36.6 Å².